The Morgan fingerprint density at radius 3 is 2.92 bits per heavy atom. The maximum Gasteiger partial charge on any atom is 0.132 e. The summed E-state index contributed by atoms with van der Waals surface area (Å²) in [6.45, 7) is 4.42. The molecule has 3 heteroatoms. The topological polar surface area (TPSA) is 17.8 Å². The highest BCUT2D eigenvalue weighted by Crippen LogP contribution is 2.25. The first-order valence-corrected chi connectivity index (χ1v) is 4.98. The van der Waals surface area contributed by atoms with Gasteiger partial charge in [0.1, 0.15) is 11.0 Å². The standard InChI is InChI=1S/C10H13ClN2/c1-7(2)8-3-4-10-12-5-9(11)13(10)6-8/h5-7H,3-4H2,1-2H3. The van der Waals surface area contributed by atoms with Crippen LogP contribution in [0.2, 0.25) is 5.15 Å². The van der Waals surface area contributed by atoms with Crippen molar-refractivity contribution in [3.05, 3.63) is 22.7 Å². The van der Waals surface area contributed by atoms with Crippen molar-refractivity contribution in [2.75, 3.05) is 0 Å². The monoisotopic (exact) mass is 196 g/mol. The molecule has 70 valence electrons. The van der Waals surface area contributed by atoms with Crippen molar-refractivity contribution in [3.63, 3.8) is 0 Å². The van der Waals surface area contributed by atoms with Gasteiger partial charge < -0.3 is 0 Å². The molecule has 1 aromatic heterocycles. The number of aromatic nitrogens is 2. The average molecular weight is 197 g/mol. The second-order valence-corrected chi connectivity index (χ2v) is 4.11. The Morgan fingerprint density at radius 2 is 2.23 bits per heavy atom. The molecule has 0 atom stereocenters. The smallest absolute Gasteiger partial charge is 0.132 e. The van der Waals surface area contributed by atoms with Gasteiger partial charge in [0.2, 0.25) is 0 Å². The van der Waals surface area contributed by atoms with E-state index in [9.17, 15) is 0 Å². The molecule has 0 bridgehead atoms. The number of fused-ring (bicyclic) bond motifs is 1. The maximum atomic E-state index is 5.98. The van der Waals surface area contributed by atoms with E-state index in [-0.39, 0.29) is 0 Å². The van der Waals surface area contributed by atoms with Gasteiger partial charge in [-0.25, -0.2) is 4.98 Å². The van der Waals surface area contributed by atoms with Crippen LogP contribution in [0.4, 0.5) is 0 Å². The number of allylic oxidation sites excluding steroid dienone is 1. The first-order chi connectivity index (χ1) is 6.18. The van der Waals surface area contributed by atoms with Crippen LogP contribution in [-0.4, -0.2) is 9.55 Å². The van der Waals surface area contributed by atoms with E-state index in [1.165, 1.54) is 5.57 Å². The van der Waals surface area contributed by atoms with Crippen LogP contribution in [0.1, 0.15) is 26.1 Å². The third-order valence-electron chi connectivity index (χ3n) is 2.50. The van der Waals surface area contributed by atoms with Gasteiger partial charge in [0.15, 0.2) is 0 Å². The van der Waals surface area contributed by atoms with Crippen molar-refractivity contribution in [2.45, 2.75) is 26.7 Å². The highest BCUT2D eigenvalue weighted by molar-refractivity contribution is 6.29. The van der Waals surface area contributed by atoms with E-state index in [2.05, 4.69) is 25.0 Å². The van der Waals surface area contributed by atoms with Gasteiger partial charge in [-0.15, -0.1) is 0 Å². The lowest BCUT2D eigenvalue weighted by Gasteiger charge is -2.17. The lowest BCUT2D eigenvalue weighted by Crippen LogP contribution is -2.08. The molecular formula is C10H13ClN2. The summed E-state index contributed by atoms with van der Waals surface area (Å²) in [5.74, 6) is 1.68. The molecule has 1 aliphatic rings. The van der Waals surface area contributed by atoms with Crippen molar-refractivity contribution < 1.29 is 0 Å². The van der Waals surface area contributed by atoms with Gasteiger partial charge in [-0.3, -0.25) is 4.57 Å². The Morgan fingerprint density at radius 1 is 1.46 bits per heavy atom. The zero-order valence-electron chi connectivity index (χ0n) is 7.92. The number of nitrogens with zero attached hydrogens (tertiary/aromatic N) is 2. The van der Waals surface area contributed by atoms with Gasteiger partial charge in [0, 0.05) is 12.6 Å². The summed E-state index contributed by atoms with van der Waals surface area (Å²) in [7, 11) is 0. The Kier molecular flexibility index (Phi) is 2.16. The predicted octanol–water partition coefficient (Wildman–Crippen LogP) is 2.98. The molecule has 0 unspecified atom stereocenters. The average Bonchev–Trinajstić information content (AvgIpc) is 2.47. The molecular weight excluding hydrogens is 184 g/mol. The molecule has 0 saturated carbocycles. The number of imidazole rings is 1. The molecule has 1 aliphatic heterocycles. The highest BCUT2D eigenvalue weighted by atomic mass is 35.5. The third kappa shape index (κ3) is 1.51. The minimum atomic E-state index is 0.603. The van der Waals surface area contributed by atoms with Crippen LogP contribution in [-0.2, 0) is 6.42 Å². The quantitative estimate of drug-likeness (QED) is 0.675. The molecule has 2 nitrogen and oxygen atoms in total. The van der Waals surface area contributed by atoms with Gasteiger partial charge in [-0.05, 0) is 12.3 Å². The summed E-state index contributed by atoms with van der Waals surface area (Å²) >= 11 is 5.98. The molecule has 0 aromatic carbocycles. The fourth-order valence-corrected chi connectivity index (χ4v) is 1.82. The molecule has 13 heavy (non-hydrogen) atoms. The molecule has 0 aliphatic carbocycles. The largest absolute Gasteiger partial charge is 0.294 e. The van der Waals surface area contributed by atoms with Crippen molar-refractivity contribution in [3.8, 4) is 0 Å². The van der Waals surface area contributed by atoms with Crippen LogP contribution in [0.15, 0.2) is 11.8 Å². The van der Waals surface area contributed by atoms with Crippen LogP contribution < -0.4 is 0 Å². The highest BCUT2D eigenvalue weighted by Gasteiger charge is 2.15. The second kappa shape index (κ2) is 3.18. The molecule has 0 saturated heterocycles. The Bertz CT molecular complexity index is 350. The van der Waals surface area contributed by atoms with E-state index in [4.69, 9.17) is 11.6 Å². The summed E-state index contributed by atoms with van der Waals surface area (Å²) in [6.07, 6.45) is 5.97. The van der Waals surface area contributed by atoms with Crippen LogP contribution in [0.5, 0.6) is 0 Å². The Hall–Kier alpha value is -0.760. The van der Waals surface area contributed by atoms with E-state index < -0.39 is 0 Å². The van der Waals surface area contributed by atoms with E-state index in [1.54, 1.807) is 6.20 Å². The molecule has 2 heterocycles. The normalized spacial score (nSPS) is 15.8. The van der Waals surface area contributed by atoms with Crippen molar-refractivity contribution in [1.82, 2.24) is 9.55 Å². The summed E-state index contributed by atoms with van der Waals surface area (Å²) in [5.41, 5.74) is 1.45. The number of rotatable bonds is 1. The first-order valence-electron chi connectivity index (χ1n) is 4.60. The zero-order chi connectivity index (χ0) is 9.42. The van der Waals surface area contributed by atoms with Crippen LogP contribution in [0.3, 0.4) is 0 Å². The summed E-state index contributed by atoms with van der Waals surface area (Å²) in [4.78, 5) is 4.24. The molecule has 0 N–H and O–H groups in total. The van der Waals surface area contributed by atoms with E-state index in [1.807, 2.05) is 4.57 Å². The Labute approximate surface area is 83.2 Å². The molecule has 0 radical (unpaired) electrons. The minimum absolute atomic E-state index is 0.603. The van der Waals surface area contributed by atoms with Crippen molar-refractivity contribution >= 4 is 17.8 Å². The predicted molar refractivity (Wildman–Crippen MR) is 54.7 cm³/mol. The van der Waals surface area contributed by atoms with Crippen molar-refractivity contribution in [2.24, 2.45) is 5.92 Å². The van der Waals surface area contributed by atoms with Gasteiger partial charge in [-0.1, -0.05) is 31.0 Å². The van der Waals surface area contributed by atoms with E-state index in [0.29, 0.717) is 11.1 Å². The van der Waals surface area contributed by atoms with E-state index >= 15 is 0 Å². The van der Waals surface area contributed by atoms with E-state index in [0.717, 1.165) is 18.7 Å². The van der Waals surface area contributed by atoms with Crippen LogP contribution >= 0.6 is 11.6 Å². The lowest BCUT2D eigenvalue weighted by molar-refractivity contribution is 0.676. The summed E-state index contributed by atoms with van der Waals surface area (Å²) in [5, 5.41) is 0.716. The molecule has 0 fully saturated rings. The molecule has 0 amide bonds. The van der Waals surface area contributed by atoms with Gasteiger partial charge in [0.25, 0.3) is 0 Å². The molecule has 1 aromatic rings. The number of aryl methyl sites for hydroxylation is 1. The number of hydrogen-bond acceptors (Lipinski definition) is 1. The van der Waals surface area contributed by atoms with Gasteiger partial charge in [-0.2, -0.15) is 0 Å². The van der Waals surface area contributed by atoms with Crippen LogP contribution in [0, 0.1) is 5.92 Å². The molecule has 0 spiro atoms. The van der Waals surface area contributed by atoms with Gasteiger partial charge >= 0.3 is 0 Å². The van der Waals surface area contributed by atoms with Crippen molar-refractivity contribution in [1.29, 1.82) is 0 Å². The first kappa shape index (κ1) is 8.82. The molecule has 2 rings (SSSR count). The summed E-state index contributed by atoms with van der Waals surface area (Å²) < 4.78 is 1.99. The Balaban J connectivity index is 2.42. The number of halogens is 1. The maximum absolute atomic E-state index is 5.98. The lowest BCUT2D eigenvalue weighted by atomic mass is 9.97. The fourth-order valence-electron chi connectivity index (χ4n) is 1.62. The van der Waals surface area contributed by atoms with Gasteiger partial charge in [0.05, 0.1) is 6.20 Å². The fraction of sp³-hybridized carbons (Fsp3) is 0.500. The third-order valence-corrected chi connectivity index (χ3v) is 2.78. The zero-order valence-corrected chi connectivity index (χ0v) is 8.67. The number of hydrogen-bond donors (Lipinski definition) is 0. The van der Waals surface area contributed by atoms with Crippen LogP contribution in [0.25, 0.3) is 6.20 Å². The minimum Gasteiger partial charge on any atom is -0.294 e. The SMILES string of the molecule is CC(C)C1=Cn2c(Cl)cnc2CC1. The summed E-state index contributed by atoms with van der Waals surface area (Å²) in [6, 6.07) is 0. The second-order valence-electron chi connectivity index (χ2n) is 3.73.